The summed E-state index contributed by atoms with van der Waals surface area (Å²) in [7, 11) is 0. The number of carbonyl (C=O) groups excluding carboxylic acids is 3. The number of carboxylic acids is 1. The average molecular weight is 478 g/mol. The number of hydrazine groups is 1. The van der Waals surface area contributed by atoms with Crippen LogP contribution in [0.5, 0.6) is 0 Å². The number of benzene rings is 2. The third kappa shape index (κ3) is 4.11. The van der Waals surface area contributed by atoms with Crippen molar-refractivity contribution in [3.63, 3.8) is 0 Å². The van der Waals surface area contributed by atoms with E-state index in [9.17, 15) is 24.3 Å². The summed E-state index contributed by atoms with van der Waals surface area (Å²) >= 11 is 0. The zero-order chi connectivity index (χ0) is 24.6. The molecule has 1 unspecified atom stereocenters. The number of hydrogen-bond acceptors (Lipinski definition) is 5. The van der Waals surface area contributed by atoms with E-state index in [1.54, 1.807) is 0 Å². The number of fused-ring (bicyclic) bond motifs is 3. The average Bonchev–Trinajstić information content (AvgIpc) is 3.41. The minimum absolute atomic E-state index is 0.0995. The monoisotopic (exact) mass is 477 g/mol. The predicted octanol–water partition coefficient (Wildman–Crippen LogP) is 2.94. The third-order valence-corrected chi connectivity index (χ3v) is 7.24. The molecule has 5 rings (SSSR count). The molecule has 3 N–H and O–H groups in total. The molecule has 9 heteroatoms. The standard InChI is InChI=1S/C26H27N3O6/c30-22-14-21(23(31)32)29(28-22)24(33)26(12-6-1-7-13-26)27-25(34)35-15-20-18-10-4-2-8-16(18)17-9-3-5-11-19(17)20/h2-5,8-11,20-21H,1,6-7,12-15H2,(H,27,34)(H,28,30)(H,31,32). The van der Waals surface area contributed by atoms with Gasteiger partial charge in [0, 0.05) is 5.92 Å². The molecule has 0 radical (unpaired) electrons. The second-order valence-electron chi connectivity index (χ2n) is 9.36. The van der Waals surface area contributed by atoms with Crippen LogP contribution >= 0.6 is 0 Å². The number of nitrogens with zero attached hydrogens (tertiary/aromatic N) is 1. The maximum absolute atomic E-state index is 13.5. The molecule has 2 aromatic rings. The van der Waals surface area contributed by atoms with Crippen LogP contribution in [0.3, 0.4) is 0 Å². The molecular formula is C26H27N3O6. The molecule has 1 aliphatic heterocycles. The van der Waals surface area contributed by atoms with E-state index < -0.39 is 35.5 Å². The van der Waals surface area contributed by atoms with Crippen molar-refractivity contribution in [1.29, 1.82) is 0 Å². The number of carboxylic acid groups (broad SMARTS) is 1. The lowest BCUT2D eigenvalue weighted by molar-refractivity contribution is -0.154. The van der Waals surface area contributed by atoms with Crippen molar-refractivity contribution in [3.8, 4) is 11.1 Å². The van der Waals surface area contributed by atoms with Crippen molar-refractivity contribution < 1.29 is 29.0 Å². The van der Waals surface area contributed by atoms with Crippen molar-refractivity contribution in [3.05, 3.63) is 59.7 Å². The molecule has 0 aromatic heterocycles. The van der Waals surface area contributed by atoms with Gasteiger partial charge in [-0.1, -0.05) is 67.8 Å². The molecular weight excluding hydrogens is 450 g/mol. The van der Waals surface area contributed by atoms with Gasteiger partial charge in [-0.2, -0.15) is 0 Å². The smallest absolute Gasteiger partial charge is 0.408 e. The Morgan fingerprint density at radius 3 is 2.20 bits per heavy atom. The van der Waals surface area contributed by atoms with Crippen LogP contribution in [-0.2, 0) is 19.1 Å². The molecule has 2 aliphatic carbocycles. The number of aliphatic carboxylic acids is 1. The van der Waals surface area contributed by atoms with E-state index >= 15 is 0 Å². The van der Waals surface area contributed by atoms with Gasteiger partial charge in [0.2, 0.25) is 5.91 Å². The first-order valence-electron chi connectivity index (χ1n) is 11.9. The van der Waals surface area contributed by atoms with Crippen molar-refractivity contribution in [2.45, 2.75) is 56.0 Å². The van der Waals surface area contributed by atoms with Gasteiger partial charge >= 0.3 is 12.1 Å². The van der Waals surface area contributed by atoms with Gasteiger partial charge in [-0.3, -0.25) is 15.0 Å². The van der Waals surface area contributed by atoms with E-state index in [4.69, 9.17) is 4.74 Å². The Labute approximate surface area is 202 Å². The van der Waals surface area contributed by atoms with Gasteiger partial charge in [0.1, 0.15) is 12.1 Å². The van der Waals surface area contributed by atoms with Gasteiger partial charge in [-0.15, -0.1) is 0 Å². The highest BCUT2D eigenvalue weighted by Gasteiger charge is 2.50. The first kappa shape index (κ1) is 22.9. The summed E-state index contributed by atoms with van der Waals surface area (Å²) < 4.78 is 5.65. The number of amides is 3. The highest BCUT2D eigenvalue weighted by molar-refractivity contribution is 5.98. The van der Waals surface area contributed by atoms with E-state index in [-0.39, 0.29) is 18.9 Å². The lowest BCUT2D eigenvalue weighted by atomic mass is 9.80. The number of rotatable bonds is 5. The van der Waals surface area contributed by atoms with Crippen molar-refractivity contribution >= 4 is 23.9 Å². The van der Waals surface area contributed by atoms with E-state index in [0.717, 1.165) is 33.7 Å². The quantitative estimate of drug-likeness (QED) is 0.608. The normalized spacial score (nSPS) is 20.5. The summed E-state index contributed by atoms with van der Waals surface area (Å²) in [6.07, 6.45) is 1.91. The van der Waals surface area contributed by atoms with Gasteiger partial charge in [0.15, 0.2) is 6.04 Å². The van der Waals surface area contributed by atoms with Gasteiger partial charge in [-0.25, -0.2) is 14.6 Å². The van der Waals surface area contributed by atoms with Crippen molar-refractivity contribution in [1.82, 2.24) is 15.8 Å². The molecule has 2 aromatic carbocycles. The van der Waals surface area contributed by atoms with Crippen molar-refractivity contribution in [2.75, 3.05) is 6.61 Å². The SMILES string of the molecule is O=C1CC(C(=O)O)N(C(=O)C2(NC(=O)OCC3c4ccccc4-c4ccccc43)CCCCC2)N1. The Hall–Kier alpha value is -3.88. The number of hydrogen-bond donors (Lipinski definition) is 3. The Balaban J connectivity index is 1.33. The largest absolute Gasteiger partial charge is 0.480 e. The van der Waals surface area contributed by atoms with Crippen molar-refractivity contribution in [2.24, 2.45) is 0 Å². The van der Waals surface area contributed by atoms with Crippen LogP contribution in [0.4, 0.5) is 4.79 Å². The van der Waals surface area contributed by atoms with E-state index in [1.807, 2.05) is 48.5 Å². The van der Waals surface area contributed by atoms with Gasteiger partial charge in [0.05, 0.1) is 6.42 Å². The maximum Gasteiger partial charge on any atom is 0.408 e. The first-order valence-corrected chi connectivity index (χ1v) is 11.9. The molecule has 9 nitrogen and oxygen atoms in total. The fourth-order valence-corrected chi connectivity index (χ4v) is 5.52. The number of carbonyl (C=O) groups is 4. The molecule has 3 amide bonds. The molecule has 0 bridgehead atoms. The Bertz CT molecular complexity index is 1140. The lowest BCUT2D eigenvalue weighted by Crippen LogP contribution is -2.64. The van der Waals surface area contributed by atoms with Crippen LogP contribution < -0.4 is 10.7 Å². The number of ether oxygens (including phenoxy) is 1. The van der Waals surface area contributed by atoms with Gasteiger partial charge in [-0.05, 0) is 35.1 Å². The van der Waals surface area contributed by atoms with Crippen LogP contribution in [0, 0.1) is 0 Å². The van der Waals surface area contributed by atoms with Crippen LogP contribution in [0.1, 0.15) is 55.6 Å². The molecule has 1 heterocycles. The molecule has 1 atom stereocenters. The molecule has 2 fully saturated rings. The highest BCUT2D eigenvalue weighted by atomic mass is 16.5. The Kier molecular flexibility index (Phi) is 5.92. The van der Waals surface area contributed by atoms with Crippen LogP contribution in [0.15, 0.2) is 48.5 Å². The molecule has 1 saturated carbocycles. The minimum Gasteiger partial charge on any atom is -0.480 e. The van der Waals surface area contributed by atoms with E-state index in [2.05, 4.69) is 10.7 Å². The summed E-state index contributed by atoms with van der Waals surface area (Å²) in [4.78, 5) is 49.9. The summed E-state index contributed by atoms with van der Waals surface area (Å²) in [6, 6.07) is 14.7. The zero-order valence-corrected chi connectivity index (χ0v) is 19.2. The fourth-order valence-electron chi connectivity index (χ4n) is 5.52. The summed E-state index contributed by atoms with van der Waals surface area (Å²) in [5.41, 5.74) is 5.40. The van der Waals surface area contributed by atoms with E-state index in [0.29, 0.717) is 25.7 Å². The van der Waals surface area contributed by atoms with E-state index in [1.165, 1.54) is 0 Å². The fraction of sp³-hybridized carbons (Fsp3) is 0.385. The van der Waals surface area contributed by atoms with Gasteiger partial charge in [0.25, 0.3) is 5.91 Å². The first-order chi connectivity index (χ1) is 16.9. The second kappa shape index (κ2) is 9.05. The highest BCUT2D eigenvalue weighted by Crippen LogP contribution is 2.44. The summed E-state index contributed by atoms with van der Waals surface area (Å²) in [5, 5.41) is 13.1. The topological polar surface area (TPSA) is 125 Å². The number of nitrogens with one attached hydrogen (secondary N) is 2. The van der Waals surface area contributed by atoms with Crippen LogP contribution in [0.2, 0.25) is 0 Å². The van der Waals surface area contributed by atoms with Crippen LogP contribution in [0.25, 0.3) is 11.1 Å². The Morgan fingerprint density at radius 1 is 1.00 bits per heavy atom. The third-order valence-electron chi connectivity index (χ3n) is 7.24. The summed E-state index contributed by atoms with van der Waals surface area (Å²) in [5.74, 6) is -2.56. The second-order valence-corrected chi connectivity index (χ2v) is 9.36. The lowest BCUT2D eigenvalue weighted by Gasteiger charge is -2.39. The molecule has 35 heavy (non-hydrogen) atoms. The molecule has 0 spiro atoms. The Morgan fingerprint density at radius 2 is 1.60 bits per heavy atom. The van der Waals surface area contributed by atoms with Gasteiger partial charge < -0.3 is 15.2 Å². The zero-order valence-electron chi connectivity index (χ0n) is 19.2. The molecule has 1 saturated heterocycles. The minimum atomic E-state index is -1.33. The summed E-state index contributed by atoms with van der Waals surface area (Å²) in [6.45, 7) is 0.0995. The molecule has 3 aliphatic rings. The maximum atomic E-state index is 13.5. The van der Waals surface area contributed by atoms with Crippen LogP contribution in [-0.4, -0.2) is 52.2 Å². The predicted molar refractivity (Wildman–Crippen MR) is 125 cm³/mol. The molecule has 182 valence electrons. The number of alkyl carbamates (subject to hydrolysis) is 1.